The Labute approximate surface area is 218 Å². The molecule has 3 aromatic rings. The van der Waals surface area contributed by atoms with Gasteiger partial charge in [0, 0.05) is 37.8 Å². The third-order valence-corrected chi connectivity index (χ3v) is 9.15. The molecule has 8 nitrogen and oxygen atoms in total. The number of carbonyl (C=O) groups is 1. The molecule has 196 valence electrons. The van der Waals surface area contributed by atoms with Crippen LogP contribution in [-0.2, 0) is 24.7 Å². The Bertz CT molecular complexity index is 1370. The smallest absolute Gasteiger partial charge is 0.240 e. The molecule has 10 heteroatoms. The van der Waals surface area contributed by atoms with Crippen molar-refractivity contribution in [2.45, 2.75) is 28.2 Å². The number of carbonyl (C=O) groups excluding carboxylic acids is 1. The van der Waals surface area contributed by atoms with Gasteiger partial charge in [0.25, 0.3) is 0 Å². The van der Waals surface area contributed by atoms with Gasteiger partial charge in [0.15, 0.2) is 9.84 Å². The molecule has 1 aliphatic heterocycles. The van der Waals surface area contributed by atoms with Crippen molar-refractivity contribution < 1.29 is 21.6 Å². The van der Waals surface area contributed by atoms with Crippen molar-refractivity contribution in [3.8, 4) is 0 Å². The van der Waals surface area contributed by atoms with E-state index in [1.807, 2.05) is 60.7 Å². The predicted molar refractivity (Wildman–Crippen MR) is 142 cm³/mol. The van der Waals surface area contributed by atoms with Gasteiger partial charge in [-0.3, -0.25) is 4.79 Å². The van der Waals surface area contributed by atoms with Crippen LogP contribution >= 0.6 is 0 Å². The quantitative estimate of drug-likeness (QED) is 0.382. The first-order chi connectivity index (χ1) is 17.6. The summed E-state index contributed by atoms with van der Waals surface area (Å²) >= 11 is 0. The molecular formula is C27H31N3O5S2. The van der Waals surface area contributed by atoms with E-state index < -0.39 is 31.8 Å². The van der Waals surface area contributed by atoms with Crippen LogP contribution in [0.1, 0.15) is 23.5 Å². The second kappa shape index (κ2) is 11.6. The summed E-state index contributed by atoms with van der Waals surface area (Å²) in [5.41, 5.74) is 2.20. The lowest BCUT2D eigenvalue weighted by Gasteiger charge is -2.30. The second-order valence-corrected chi connectivity index (χ2v) is 13.0. The van der Waals surface area contributed by atoms with Gasteiger partial charge in [0.2, 0.25) is 15.9 Å². The maximum Gasteiger partial charge on any atom is 0.240 e. The molecule has 0 aliphatic carbocycles. The van der Waals surface area contributed by atoms with Gasteiger partial charge in [-0.15, -0.1) is 0 Å². The molecule has 4 rings (SSSR count). The molecule has 1 heterocycles. The molecule has 1 amide bonds. The molecule has 2 atom stereocenters. The number of rotatable bonds is 9. The van der Waals surface area contributed by atoms with Gasteiger partial charge in [0.1, 0.15) is 0 Å². The summed E-state index contributed by atoms with van der Waals surface area (Å²) in [6.07, 6.45) is 1.41. The first kappa shape index (κ1) is 27.0. The summed E-state index contributed by atoms with van der Waals surface area (Å²) in [6, 6.07) is 24.6. The highest BCUT2D eigenvalue weighted by molar-refractivity contribution is 7.90. The van der Waals surface area contributed by atoms with Crippen LogP contribution in [-0.4, -0.2) is 54.7 Å². The average Bonchev–Trinajstić information content (AvgIpc) is 2.89. The van der Waals surface area contributed by atoms with E-state index in [0.717, 1.165) is 17.4 Å². The number of sulfone groups is 1. The number of nitrogens with one attached hydrogen (secondary N) is 3. The van der Waals surface area contributed by atoms with Crippen molar-refractivity contribution in [1.29, 1.82) is 0 Å². The van der Waals surface area contributed by atoms with Crippen LogP contribution in [0, 0.1) is 5.92 Å². The number of hydrogen-bond donors (Lipinski definition) is 3. The van der Waals surface area contributed by atoms with Crippen molar-refractivity contribution in [2.24, 2.45) is 5.92 Å². The minimum absolute atomic E-state index is 0.00731. The number of amides is 1. The molecule has 0 spiro atoms. The summed E-state index contributed by atoms with van der Waals surface area (Å²) in [4.78, 5) is 13.1. The summed E-state index contributed by atoms with van der Waals surface area (Å²) in [7, 11) is -7.31. The van der Waals surface area contributed by atoms with E-state index in [-0.39, 0.29) is 21.6 Å². The van der Waals surface area contributed by atoms with E-state index in [1.54, 1.807) is 0 Å². The number of sulfonamides is 1. The monoisotopic (exact) mass is 541 g/mol. The molecule has 37 heavy (non-hydrogen) atoms. The van der Waals surface area contributed by atoms with E-state index in [2.05, 4.69) is 15.4 Å². The SMILES string of the molecule is CS(=O)(=O)c1ccc(S(=O)(=O)N[C@H]2CNC[C@@H](C(=O)NCC(c3ccccc3)c3ccccc3)C2)cc1. The lowest BCUT2D eigenvalue weighted by molar-refractivity contribution is -0.125. The highest BCUT2D eigenvalue weighted by atomic mass is 32.2. The standard InChI is InChI=1S/C27H31N3O5S2/c1-36(32,33)24-12-14-25(15-13-24)37(34,35)30-23-16-22(17-28-18-23)27(31)29-19-26(20-8-4-2-5-9-20)21-10-6-3-7-11-21/h2-15,22-23,26,28,30H,16-19H2,1H3,(H,29,31)/t22-,23+/m0/s1. The van der Waals surface area contributed by atoms with E-state index in [1.165, 1.54) is 24.3 Å². The van der Waals surface area contributed by atoms with Crippen molar-refractivity contribution in [3.05, 3.63) is 96.1 Å². The van der Waals surface area contributed by atoms with Crippen LogP contribution < -0.4 is 15.4 Å². The van der Waals surface area contributed by atoms with Gasteiger partial charge in [0.05, 0.1) is 15.7 Å². The van der Waals surface area contributed by atoms with Crippen molar-refractivity contribution >= 4 is 25.8 Å². The van der Waals surface area contributed by atoms with Crippen LogP contribution in [0.15, 0.2) is 94.7 Å². The minimum Gasteiger partial charge on any atom is -0.355 e. The molecule has 0 saturated carbocycles. The third-order valence-electron chi connectivity index (χ3n) is 6.49. The van der Waals surface area contributed by atoms with Crippen LogP contribution in [0.4, 0.5) is 0 Å². The Balaban J connectivity index is 1.39. The van der Waals surface area contributed by atoms with E-state index in [9.17, 15) is 21.6 Å². The molecule has 0 bridgehead atoms. The Hall–Kier alpha value is -3.05. The molecule has 1 saturated heterocycles. The van der Waals surface area contributed by atoms with E-state index in [0.29, 0.717) is 26.1 Å². The summed E-state index contributed by atoms with van der Waals surface area (Å²) in [5.74, 6) is -0.542. The average molecular weight is 542 g/mol. The molecular weight excluding hydrogens is 510 g/mol. The summed E-state index contributed by atoms with van der Waals surface area (Å²) in [6.45, 7) is 1.27. The van der Waals surface area contributed by atoms with E-state index in [4.69, 9.17) is 0 Å². The summed E-state index contributed by atoms with van der Waals surface area (Å²) < 4.78 is 51.7. The van der Waals surface area contributed by atoms with Crippen molar-refractivity contribution in [1.82, 2.24) is 15.4 Å². The predicted octanol–water partition coefficient (Wildman–Crippen LogP) is 2.29. The molecule has 3 N–H and O–H groups in total. The van der Waals surface area contributed by atoms with Crippen molar-refractivity contribution in [2.75, 3.05) is 25.9 Å². The molecule has 0 aromatic heterocycles. The first-order valence-corrected chi connectivity index (χ1v) is 15.4. The molecule has 3 aromatic carbocycles. The van der Waals surface area contributed by atoms with Gasteiger partial charge in [-0.1, -0.05) is 60.7 Å². The number of hydrogen-bond acceptors (Lipinski definition) is 6. The Morgan fingerprint density at radius 3 is 1.92 bits per heavy atom. The van der Waals surface area contributed by atoms with Crippen LogP contribution in [0.25, 0.3) is 0 Å². The molecule has 0 radical (unpaired) electrons. The molecule has 0 unspecified atom stereocenters. The van der Waals surface area contributed by atoms with Crippen LogP contribution in [0.5, 0.6) is 0 Å². The van der Waals surface area contributed by atoms with Gasteiger partial charge < -0.3 is 10.6 Å². The fraction of sp³-hybridized carbons (Fsp3) is 0.296. The van der Waals surface area contributed by atoms with Gasteiger partial charge >= 0.3 is 0 Å². The highest BCUT2D eigenvalue weighted by Gasteiger charge is 2.30. The zero-order valence-electron chi connectivity index (χ0n) is 20.5. The lowest BCUT2D eigenvalue weighted by atomic mass is 9.90. The minimum atomic E-state index is -3.89. The Morgan fingerprint density at radius 1 is 0.838 bits per heavy atom. The van der Waals surface area contributed by atoms with Gasteiger partial charge in [-0.25, -0.2) is 21.6 Å². The van der Waals surface area contributed by atoms with Crippen molar-refractivity contribution in [3.63, 3.8) is 0 Å². The Morgan fingerprint density at radius 2 is 1.38 bits per heavy atom. The van der Waals surface area contributed by atoms with Crippen LogP contribution in [0.3, 0.4) is 0 Å². The Kier molecular flexibility index (Phi) is 8.43. The fourth-order valence-electron chi connectivity index (χ4n) is 4.53. The molecule has 1 fully saturated rings. The lowest BCUT2D eigenvalue weighted by Crippen LogP contribution is -2.52. The largest absolute Gasteiger partial charge is 0.355 e. The number of piperidine rings is 1. The van der Waals surface area contributed by atoms with Gasteiger partial charge in [-0.2, -0.15) is 0 Å². The summed E-state index contributed by atoms with van der Waals surface area (Å²) in [5, 5.41) is 6.22. The topological polar surface area (TPSA) is 121 Å². The zero-order chi connectivity index (χ0) is 26.5. The third kappa shape index (κ3) is 7.04. The second-order valence-electron chi connectivity index (χ2n) is 9.27. The normalized spacial score (nSPS) is 18.4. The molecule has 1 aliphatic rings. The van der Waals surface area contributed by atoms with Gasteiger partial charge in [-0.05, 0) is 41.8 Å². The maximum absolute atomic E-state index is 13.1. The zero-order valence-corrected chi connectivity index (χ0v) is 22.1. The first-order valence-electron chi connectivity index (χ1n) is 12.0. The number of benzene rings is 3. The highest BCUT2D eigenvalue weighted by Crippen LogP contribution is 2.24. The maximum atomic E-state index is 13.1. The van der Waals surface area contributed by atoms with Crippen LogP contribution in [0.2, 0.25) is 0 Å². The fourth-order valence-corrected chi connectivity index (χ4v) is 6.41. The van der Waals surface area contributed by atoms with E-state index >= 15 is 0 Å².